The fourth-order valence-corrected chi connectivity index (χ4v) is 3.24. The first-order chi connectivity index (χ1) is 10.2. The summed E-state index contributed by atoms with van der Waals surface area (Å²) < 4.78 is 0. The predicted molar refractivity (Wildman–Crippen MR) is 87.1 cm³/mol. The quantitative estimate of drug-likeness (QED) is 0.820. The molecule has 0 unspecified atom stereocenters. The number of thiophene rings is 1. The van der Waals surface area contributed by atoms with Crippen LogP contribution in [0.25, 0.3) is 0 Å². The molecule has 21 heavy (non-hydrogen) atoms. The average Bonchev–Trinajstić information content (AvgIpc) is 2.99. The number of piperidine rings is 1. The summed E-state index contributed by atoms with van der Waals surface area (Å²) in [5, 5.41) is 7.76. The molecule has 4 nitrogen and oxygen atoms in total. The Bertz CT molecular complexity index is 472. The molecule has 1 saturated heterocycles. The molecule has 0 radical (unpaired) electrons. The van der Waals surface area contributed by atoms with Crippen LogP contribution in [-0.4, -0.2) is 36.6 Å². The van der Waals surface area contributed by atoms with Gasteiger partial charge in [-0.05, 0) is 50.2 Å². The van der Waals surface area contributed by atoms with Crippen LogP contribution in [0.15, 0.2) is 17.5 Å². The minimum absolute atomic E-state index is 0.165. The van der Waals surface area contributed by atoms with E-state index >= 15 is 0 Å². The van der Waals surface area contributed by atoms with E-state index in [4.69, 9.17) is 6.42 Å². The predicted octanol–water partition coefficient (Wildman–Crippen LogP) is 2.28. The number of carbonyl (C=O) groups is 1. The molecule has 2 heterocycles. The maximum atomic E-state index is 11.6. The highest BCUT2D eigenvalue weighted by atomic mass is 32.1. The van der Waals surface area contributed by atoms with Crippen LogP contribution in [-0.2, 0) is 6.54 Å². The van der Waals surface area contributed by atoms with Gasteiger partial charge in [-0.2, -0.15) is 0 Å². The van der Waals surface area contributed by atoms with E-state index in [1.54, 1.807) is 6.92 Å². The molecule has 0 spiro atoms. The Kier molecular flexibility index (Phi) is 6.09. The SMILES string of the molecule is C#C[C@H](C)NC(=O)NCC1CCN(Cc2cccs2)CC1. The van der Waals surface area contributed by atoms with Crippen LogP contribution in [0.2, 0.25) is 0 Å². The Morgan fingerprint density at radius 3 is 2.95 bits per heavy atom. The van der Waals surface area contributed by atoms with Gasteiger partial charge in [-0.15, -0.1) is 17.8 Å². The summed E-state index contributed by atoms with van der Waals surface area (Å²) in [6.45, 7) is 5.79. The maximum Gasteiger partial charge on any atom is 0.315 e. The van der Waals surface area contributed by atoms with Crippen molar-refractivity contribution >= 4 is 17.4 Å². The number of hydrogen-bond donors (Lipinski definition) is 2. The zero-order valence-corrected chi connectivity index (χ0v) is 13.3. The Hall–Kier alpha value is -1.51. The molecule has 1 fully saturated rings. The van der Waals surface area contributed by atoms with Gasteiger partial charge in [0.05, 0.1) is 6.04 Å². The van der Waals surface area contributed by atoms with Crippen LogP contribution in [0.5, 0.6) is 0 Å². The van der Waals surface area contributed by atoms with Crippen LogP contribution in [0.4, 0.5) is 4.79 Å². The third-order valence-corrected chi connectivity index (χ3v) is 4.68. The molecule has 1 aliphatic heterocycles. The standard InChI is InChI=1S/C16H23N3OS/c1-3-13(2)18-16(20)17-11-14-6-8-19(9-7-14)12-15-5-4-10-21-15/h1,4-5,10,13-14H,6-9,11-12H2,2H3,(H2,17,18,20)/t13-/m0/s1. The molecule has 2 amide bonds. The molecule has 2 rings (SSSR count). The largest absolute Gasteiger partial charge is 0.338 e. The molecule has 114 valence electrons. The highest BCUT2D eigenvalue weighted by molar-refractivity contribution is 7.09. The molecule has 1 aromatic rings. The molecule has 5 heteroatoms. The van der Waals surface area contributed by atoms with E-state index in [1.807, 2.05) is 11.3 Å². The van der Waals surface area contributed by atoms with Gasteiger partial charge in [0, 0.05) is 18.0 Å². The number of amides is 2. The van der Waals surface area contributed by atoms with E-state index < -0.39 is 0 Å². The highest BCUT2D eigenvalue weighted by Crippen LogP contribution is 2.20. The molecule has 0 saturated carbocycles. The number of carbonyl (C=O) groups excluding carboxylic acids is 1. The monoisotopic (exact) mass is 305 g/mol. The summed E-state index contributed by atoms with van der Waals surface area (Å²) in [5.41, 5.74) is 0. The third kappa shape index (κ3) is 5.41. The zero-order valence-electron chi connectivity index (χ0n) is 12.5. The van der Waals surface area contributed by atoms with Crippen molar-refractivity contribution in [3.63, 3.8) is 0 Å². The van der Waals surface area contributed by atoms with Crippen LogP contribution in [0.1, 0.15) is 24.6 Å². The van der Waals surface area contributed by atoms with Crippen molar-refractivity contribution in [1.82, 2.24) is 15.5 Å². The van der Waals surface area contributed by atoms with E-state index in [0.29, 0.717) is 5.92 Å². The summed E-state index contributed by atoms with van der Waals surface area (Å²) >= 11 is 1.82. The number of nitrogens with one attached hydrogen (secondary N) is 2. The molecule has 0 aromatic carbocycles. The first-order valence-corrected chi connectivity index (χ1v) is 8.30. The van der Waals surface area contributed by atoms with Gasteiger partial charge in [0.15, 0.2) is 0 Å². The molecule has 0 aliphatic carbocycles. The van der Waals surface area contributed by atoms with Crippen LogP contribution >= 0.6 is 11.3 Å². The van der Waals surface area contributed by atoms with Gasteiger partial charge < -0.3 is 10.6 Å². The topological polar surface area (TPSA) is 44.4 Å². The van der Waals surface area contributed by atoms with Crippen molar-refractivity contribution in [1.29, 1.82) is 0 Å². The normalized spacial score (nSPS) is 17.9. The number of likely N-dealkylation sites (tertiary alicyclic amines) is 1. The molecular formula is C16H23N3OS. The molecule has 1 aromatic heterocycles. The average molecular weight is 305 g/mol. The number of nitrogens with zero attached hydrogens (tertiary/aromatic N) is 1. The Balaban J connectivity index is 1.63. The van der Waals surface area contributed by atoms with Gasteiger partial charge in [-0.25, -0.2) is 4.79 Å². The minimum Gasteiger partial charge on any atom is -0.338 e. The fraction of sp³-hybridized carbons (Fsp3) is 0.562. The summed E-state index contributed by atoms with van der Waals surface area (Å²) in [6, 6.07) is 3.90. The van der Waals surface area contributed by atoms with E-state index in [-0.39, 0.29) is 12.1 Å². The number of urea groups is 1. The van der Waals surface area contributed by atoms with Crippen molar-refractivity contribution in [2.75, 3.05) is 19.6 Å². The summed E-state index contributed by atoms with van der Waals surface area (Å²) in [6.07, 6.45) is 7.50. The summed E-state index contributed by atoms with van der Waals surface area (Å²) in [7, 11) is 0. The van der Waals surface area contributed by atoms with Crippen molar-refractivity contribution < 1.29 is 4.79 Å². The maximum absolute atomic E-state index is 11.6. The van der Waals surface area contributed by atoms with Crippen molar-refractivity contribution in [2.24, 2.45) is 5.92 Å². The van der Waals surface area contributed by atoms with E-state index in [1.165, 1.54) is 4.88 Å². The number of terminal acetylenes is 1. The highest BCUT2D eigenvalue weighted by Gasteiger charge is 2.20. The lowest BCUT2D eigenvalue weighted by atomic mass is 9.97. The molecule has 1 aliphatic rings. The molecule has 0 bridgehead atoms. The minimum atomic E-state index is -0.224. The second kappa shape index (κ2) is 8.06. The first kappa shape index (κ1) is 15.9. The van der Waals surface area contributed by atoms with E-state index in [9.17, 15) is 4.79 Å². The molecular weight excluding hydrogens is 282 g/mol. The van der Waals surface area contributed by atoms with Crippen molar-refractivity contribution in [2.45, 2.75) is 32.4 Å². The van der Waals surface area contributed by atoms with Crippen LogP contribution < -0.4 is 10.6 Å². The molecule has 2 N–H and O–H groups in total. The molecule has 1 atom stereocenters. The smallest absolute Gasteiger partial charge is 0.315 e. The lowest BCUT2D eigenvalue weighted by molar-refractivity contribution is 0.176. The Morgan fingerprint density at radius 2 is 2.33 bits per heavy atom. The van der Waals surface area contributed by atoms with E-state index in [2.05, 4.69) is 39.0 Å². The van der Waals surface area contributed by atoms with Crippen LogP contribution in [0, 0.1) is 18.3 Å². The van der Waals surface area contributed by atoms with Crippen LogP contribution in [0.3, 0.4) is 0 Å². The van der Waals surface area contributed by atoms with Gasteiger partial charge in [0.2, 0.25) is 0 Å². The number of hydrogen-bond acceptors (Lipinski definition) is 3. The van der Waals surface area contributed by atoms with Gasteiger partial charge in [0.25, 0.3) is 0 Å². The van der Waals surface area contributed by atoms with E-state index in [0.717, 1.165) is 39.0 Å². The van der Waals surface area contributed by atoms with Gasteiger partial charge >= 0.3 is 6.03 Å². The van der Waals surface area contributed by atoms with Gasteiger partial charge in [-0.1, -0.05) is 12.0 Å². The summed E-state index contributed by atoms with van der Waals surface area (Å²) in [5.74, 6) is 3.05. The van der Waals surface area contributed by atoms with Crippen molar-refractivity contribution in [3.8, 4) is 12.3 Å². The fourth-order valence-electron chi connectivity index (χ4n) is 2.50. The third-order valence-electron chi connectivity index (χ3n) is 3.82. The number of rotatable bonds is 5. The van der Waals surface area contributed by atoms with Crippen molar-refractivity contribution in [3.05, 3.63) is 22.4 Å². The van der Waals surface area contributed by atoms with Gasteiger partial charge in [-0.3, -0.25) is 4.90 Å². The Labute approximate surface area is 130 Å². The van der Waals surface area contributed by atoms with Gasteiger partial charge in [0.1, 0.15) is 0 Å². The lowest BCUT2D eigenvalue weighted by Gasteiger charge is -2.31. The zero-order chi connectivity index (χ0) is 15.1. The lowest BCUT2D eigenvalue weighted by Crippen LogP contribution is -2.44. The summed E-state index contributed by atoms with van der Waals surface area (Å²) in [4.78, 5) is 15.5. The first-order valence-electron chi connectivity index (χ1n) is 7.42. The second-order valence-corrected chi connectivity index (χ2v) is 6.57. The Morgan fingerprint density at radius 1 is 1.57 bits per heavy atom. The second-order valence-electron chi connectivity index (χ2n) is 5.54.